The van der Waals surface area contributed by atoms with Crippen molar-refractivity contribution in [3.8, 4) is 0 Å². The Hall–Kier alpha value is 1.48. The van der Waals surface area contributed by atoms with Crippen LogP contribution in [-0.4, -0.2) is 39.5 Å². The SMILES string of the molecule is C=O.O=C(O)O.O=C(O)O.[H-].[H-].[K+].[K+]. The van der Waals surface area contributed by atoms with Crippen LogP contribution in [0.3, 0.4) is 0 Å². The molecule has 0 saturated heterocycles. The molecule has 0 aromatic rings. The van der Waals surface area contributed by atoms with Gasteiger partial charge >= 0.3 is 115 Å². The largest absolute Gasteiger partial charge is 1.00 e. The smallest absolute Gasteiger partial charge is 1.00 e. The molecular formula is C3H8K2O7. The second-order valence-electron chi connectivity index (χ2n) is 0.565. The van der Waals surface area contributed by atoms with Crippen molar-refractivity contribution in [2.45, 2.75) is 0 Å². The summed E-state index contributed by atoms with van der Waals surface area (Å²) in [4.78, 5) is 25.1. The Bertz CT molecular complexity index is 93.1. The summed E-state index contributed by atoms with van der Waals surface area (Å²) in [6, 6.07) is 0. The van der Waals surface area contributed by atoms with Crippen molar-refractivity contribution in [1.29, 1.82) is 0 Å². The van der Waals surface area contributed by atoms with E-state index in [1.807, 2.05) is 6.79 Å². The fourth-order valence-corrected chi connectivity index (χ4v) is 0. The van der Waals surface area contributed by atoms with Crippen LogP contribution in [0.15, 0.2) is 0 Å². The Morgan fingerprint density at radius 2 is 0.833 bits per heavy atom. The summed E-state index contributed by atoms with van der Waals surface area (Å²) < 4.78 is 0. The van der Waals surface area contributed by atoms with Crippen molar-refractivity contribution in [1.82, 2.24) is 0 Å². The van der Waals surface area contributed by atoms with Crippen LogP contribution < -0.4 is 103 Å². The van der Waals surface area contributed by atoms with Gasteiger partial charge in [0, 0.05) is 0 Å². The number of carbonyl (C=O) groups excluding carboxylic acids is 1. The van der Waals surface area contributed by atoms with Gasteiger partial charge in [-0.05, 0) is 0 Å². The molecule has 0 spiro atoms. The van der Waals surface area contributed by atoms with Gasteiger partial charge in [-0.2, -0.15) is 0 Å². The van der Waals surface area contributed by atoms with Crippen LogP contribution in [0.4, 0.5) is 9.59 Å². The molecule has 0 heterocycles. The minimum Gasteiger partial charge on any atom is -1.00 e. The molecule has 64 valence electrons. The first-order valence-electron chi connectivity index (χ1n) is 1.59. The predicted octanol–water partition coefficient (Wildman–Crippen LogP) is -5.51. The molecule has 0 aromatic carbocycles. The van der Waals surface area contributed by atoms with Crippen molar-refractivity contribution < 1.29 is 140 Å². The van der Waals surface area contributed by atoms with E-state index >= 15 is 0 Å². The number of rotatable bonds is 0. The monoisotopic (exact) mass is 234 g/mol. The summed E-state index contributed by atoms with van der Waals surface area (Å²) in [7, 11) is 0. The van der Waals surface area contributed by atoms with E-state index in [0.717, 1.165) is 0 Å². The molecule has 0 aliphatic rings. The maximum Gasteiger partial charge on any atom is 1.00 e. The molecule has 0 bridgehead atoms. The summed E-state index contributed by atoms with van der Waals surface area (Å²) in [5.41, 5.74) is 0. The molecule has 9 heteroatoms. The molecular weight excluding hydrogens is 226 g/mol. The summed E-state index contributed by atoms with van der Waals surface area (Å²) >= 11 is 0. The van der Waals surface area contributed by atoms with Gasteiger partial charge in [0.1, 0.15) is 6.79 Å². The topological polar surface area (TPSA) is 132 Å². The van der Waals surface area contributed by atoms with Crippen molar-refractivity contribution >= 4 is 19.1 Å². The molecule has 0 rings (SSSR count). The maximum atomic E-state index is 8.56. The van der Waals surface area contributed by atoms with E-state index in [4.69, 9.17) is 34.8 Å². The molecule has 0 aromatic heterocycles. The summed E-state index contributed by atoms with van der Waals surface area (Å²) in [5, 5.41) is 27.9. The first kappa shape index (κ1) is 29.2. The van der Waals surface area contributed by atoms with Gasteiger partial charge in [0.15, 0.2) is 0 Å². The fraction of sp³-hybridized carbons (Fsp3) is 0. The molecule has 7 nitrogen and oxygen atoms in total. The van der Waals surface area contributed by atoms with E-state index < -0.39 is 12.3 Å². The van der Waals surface area contributed by atoms with Gasteiger partial charge in [-0.25, -0.2) is 9.59 Å². The molecule has 0 atom stereocenters. The Balaban J connectivity index is -0.00000000957. The van der Waals surface area contributed by atoms with Crippen molar-refractivity contribution in [3.05, 3.63) is 0 Å². The van der Waals surface area contributed by atoms with Crippen LogP contribution in [0.25, 0.3) is 0 Å². The normalized spacial score (nSPS) is 4.33. The van der Waals surface area contributed by atoms with Gasteiger partial charge in [0.25, 0.3) is 0 Å². The minimum absolute atomic E-state index is 0. The van der Waals surface area contributed by atoms with Gasteiger partial charge in [0.05, 0.1) is 0 Å². The Morgan fingerprint density at radius 3 is 0.833 bits per heavy atom. The van der Waals surface area contributed by atoms with Crippen LogP contribution in [0.1, 0.15) is 2.85 Å². The van der Waals surface area contributed by atoms with E-state index in [1.54, 1.807) is 0 Å². The molecule has 0 amide bonds. The third kappa shape index (κ3) is 574. The zero-order valence-corrected chi connectivity index (χ0v) is 13.0. The third-order valence-electron chi connectivity index (χ3n) is 0. The zero-order valence-electron chi connectivity index (χ0n) is 8.72. The molecule has 4 N–H and O–H groups in total. The van der Waals surface area contributed by atoms with Crippen LogP contribution in [-0.2, 0) is 4.79 Å². The molecule has 0 aliphatic carbocycles. The Morgan fingerprint density at radius 1 is 0.833 bits per heavy atom. The third-order valence-corrected chi connectivity index (χ3v) is 0. The predicted molar refractivity (Wildman–Crippen MR) is 30.7 cm³/mol. The second-order valence-corrected chi connectivity index (χ2v) is 0.565. The second kappa shape index (κ2) is 29.4. The van der Waals surface area contributed by atoms with Crippen molar-refractivity contribution in [2.24, 2.45) is 0 Å². The fourth-order valence-electron chi connectivity index (χ4n) is 0. The number of hydrogen-bond donors (Lipinski definition) is 4. The zero-order chi connectivity index (χ0) is 9.15. The molecule has 12 heavy (non-hydrogen) atoms. The first-order chi connectivity index (χ1) is 4.46. The first-order valence-corrected chi connectivity index (χ1v) is 1.59. The van der Waals surface area contributed by atoms with Gasteiger partial charge in [-0.15, -0.1) is 0 Å². The molecule has 0 saturated carbocycles. The number of carbonyl (C=O) groups is 3. The van der Waals surface area contributed by atoms with Crippen LogP contribution in [0.2, 0.25) is 0 Å². The Labute approximate surface area is 156 Å². The van der Waals surface area contributed by atoms with E-state index in [-0.39, 0.29) is 106 Å². The van der Waals surface area contributed by atoms with Crippen molar-refractivity contribution in [3.63, 3.8) is 0 Å². The molecule has 0 fully saturated rings. The van der Waals surface area contributed by atoms with Crippen molar-refractivity contribution in [2.75, 3.05) is 0 Å². The van der Waals surface area contributed by atoms with E-state index in [2.05, 4.69) is 0 Å². The summed E-state index contributed by atoms with van der Waals surface area (Å²) in [6.07, 6.45) is -3.67. The average Bonchev–Trinajstić information content (AvgIpc) is 1.66. The molecule has 0 unspecified atom stereocenters. The van der Waals surface area contributed by atoms with E-state index in [0.29, 0.717) is 0 Å². The minimum atomic E-state index is -1.83. The molecule has 0 aliphatic heterocycles. The van der Waals surface area contributed by atoms with Gasteiger partial charge in [-0.1, -0.05) is 0 Å². The number of carboxylic acid groups (broad SMARTS) is 4. The number of hydrogen-bond acceptors (Lipinski definition) is 3. The van der Waals surface area contributed by atoms with Crippen LogP contribution in [0, 0.1) is 0 Å². The molecule has 0 radical (unpaired) electrons. The quantitative estimate of drug-likeness (QED) is 0.307. The van der Waals surface area contributed by atoms with E-state index in [9.17, 15) is 0 Å². The van der Waals surface area contributed by atoms with Gasteiger partial charge < -0.3 is 28.1 Å². The standard InChI is InChI=1S/2CH2O3.CH2O.2K.2H/c2*2-1(3)4;1-2;;;;/h2*(H2,2,3,4);1H2;;;;/q;;;2*+1;2*-1. The van der Waals surface area contributed by atoms with E-state index in [1.165, 1.54) is 0 Å². The Kier molecular flexibility index (Phi) is 71.5. The van der Waals surface area contributed by atoms with Crippen LogP contribution >= 0.6 is 0 Å². The average molecular weight is 234 g/mol. The maximum absolute atomic E-state index is 8.56. The van der Waals surface area contributed by atoms with Gasteiger partial charge in [-0.3, -0.25) is 0 Å². The summed E-state index contributed by atoms with van der Waals surface area (Å²) in [6.45, 7) is 2.00. The summed E-state index contributed by atoms with van der Waals surface area (Å²) in [5.74, 6) is 0. The van der Waals surface area contributed by atoms with Gasteiger partial charge in [0.2, 0.25) is 0 Å². The van der Waals surface area contributed by atoms with Crippen LogP contribution in [0.5, 0.6) is 0 Å².